The number of hydrogen-bond acceptors (Lipinski definition) is 1. The fraction of sp³-hybridized carbons (Fsp3) is 0.526. The molecule has 0 heterocycles. The second-order valence-corrected chi connectivity index (χ2v) is 7.42. The van der Waals surface area contributed by atoms with Gasteiger partial charge < -0.3 is 5.32 Å². The van der Waals surface area contributed by atoms with E-state index < -0.39 is 0 Å². The predicted molar refractivity (Wildman–Crippen MR) is 86.6 cm³/mol. The molecule has 2 fully saturated rings. The lowest BCUT2D eigenvalue weighted by molar-refractivity contribution is -0.118. The molecule has 2 heteroatoms. The highest BCUT2D eigenvalue weighted by Crippen LogP contribution is 2.65. The number of amides is 1. The van der Waals surface area contributed by atoms with Gasteiger partial charge in [-0.05, 0) is 47.6 Å². The van der Waals surface area contributed by atoms with E-state index in [2.05, 4.69) is 26.1 Å². The maximum Gasteiger partial charge on any atom is 0.244 e. The molecule has 0 aliphatic heterocycles. The lowest BCUT2D eigenvalue weighted by Crippen LogP contribution is -2.46. The molecule has 2 aliphatic rings. The van der Waals surface area contributed by atoms with Gasteiger partial charge in [0.15, 0.2) is 0 Å². The smallest absolute Gasteiger partial charge is 0.244 e. The molecule has 0 unspecified atom stereocenters. The Morgan fingerprint density at radius 3 is 2.52 bits per heavy atom. The van der Waals surface area contributed by atoms with Gasteiger partial charge in [-0.15, -0.1) is 0 Å². The summed E-state index contributed by atoms with van der Waals surface area (Å²) in [4.78, 5) is 12.2. The van der Waals surface area contributed by atoms with E-state index in [-0.39, 0.29) is 11.3 Å². The van der Waals surface area contributed by atoms with Crippen molar-refractivity contribution in [2.45, 2.75) is 46.1 Å². The molecule has 2 nitrogen and oxygen atoms in total. The molecular weight excluding hydrogens is 258 g/mol. The highest BCUT2D eigenvalue weighted by atomic mass is 16.1. The zero-order chi connectivity index (χ0) is 15.1. The standard InChI is InChI=1S/C19H25NO/c1-18(2)15-11-12-19(18,3)16(13-15)20-17(21)10-9-14-7-5-4-6-8-14/h4-10,15-16H,11-13H2,1-3H3,(H,20,21)/b10-9+/t15-,16-,19+/m0/s1. The van der Waals surface area contributed by atoms with Crippen LogP contribution in [0.5, 0.6) is 0 Å². The summed E-state index contributed by atoms with van der Waals surface area (Å²) in [7, 11) is 0. The maximum atomic E-state index is 12.2. The summed E-state index contributed by atoms with van der Waals surface area (Å²) in [5.41, 5.74) is 1.65. The van der Waals surface area contributed by atoms with Crippen LogP contribution in [0, 0.1) is 16.7 Å². The molecule has 21 heavy (non-hydrogen) atoms. The first-order valence-electron chi connectivity index (χ1n) is 7.97. The van der Waals surface area contributed by atoms with Crippen molar-refractivity contribution in [3.8, 4) is 0 Å². The van der Waals surface area contributed by atoms with E-state index in [0.29, 0.717) is 11.5 Å². The molecule has 0 aromatic heterocycles. The highest BCUT2D eigenvalue weighted by Gasteiger charge is 2.61. The molecule has 0 radical (unpaired) electrons. The fourth-order valence-electron chi connectivity index (χ4n) is 4.38. The molecule has 112 valence electrons. The van der Waals surface area contributed by atoms with Crippen LogP contribution >= 0.6 is 0 Å². The van der Waals surface area contributed by atoms with Crippen LogP contribution < -0.4 is 5.32 Å². The van der Waals surface area contributed by atoms with Crippen LogP contribution in [0.3, 0.4) is 0 Å². The van der Waals surface area contributed by atoms with Crippen LogP contribution in [0.4, 0.5) is 0 Å². The van der Waals surface area contributed by atoms with Crippen LogP contribution in [0.15, 0.2) is 36.4 Å². The molecule has 3 rings (SSSR count). The van der Waals surface area contributed by atoms with Gasteiger partial charge in [0.25, 0.3) is 0 Å². The SMILES string of the molecule is CC1(C)[C@H]2CC[C@]1(C)[C@@H](NC(=O)/C=C/c1ccccc1)C2. The third kappa shape index (κ3) is 2.31. The Labute approximate surface area is 127 Å². The minimum Gasteiger partial charge on any atom is -0.349 e. The molecule has 3 atom stereocenters. The van der Waals surface area contributed by atoms with E-state index in [1.807, 2.05) is 36.4 Å². The minimum absolute atomic E-state index is 0.0356. The van der Waals surface area contributed by atoms with Crippen molar-refractivity contribution in [3.05, 3.63) is 42.0 Å². The van der Waals surface area contributed by atoms with Gasteiger partial charge in [-0.1, -0.05) is 51.1 Å². The topological polar surface area (TPSA) is 29.1 Å². The lowest BCUT2D eigenvalue weighted by Gasteiger charge is -2.39. The summed E-state index contributed by atoms with van der Waals surface area (Å²) in [6.07, 6.45) is 7.23. The van der Waals surface area contributed by atoms with E-state index in [9.17, 15) is 4.79 Å². The van der Waals surface area contributed by atoms with Gasteiger partial charge in [0.2, 0.25) is 5.91 Å². The van der Waals surface area contributed by atoms with Gasteiger partial charge in [-0.3, -0.25) is 4.79 Å². The summed E-state index contributed by atoms with van der Waals surface area (Å²) in [5, 5.41) is 3.25. The summed E-state index contributed by atoms with van der Waals surface area (Å²) >= 11 is 0. The van der Waals surface area contributed by atoms with E-state index in [1.165, 1.54) is 12.8 Å². The van der Waals surface area contributed by atoms with E-state index in [0.717, 1.165) is 17.9 Å². The number of carbonyl (C=O) groups is 1. The number of fused-ring (bicyclic) bond motifs is 2. The van der Waals surface area contributed by atoms with Gasteiger partial charge in [0.05, 0.1) is 0 Å². The summed E-state index contributed by atoms with van der Waals surface area (Å²) < 4.78 is 0. The van der Waals surface area contributed by atoms with Crippen molar-refractivity contribution in [2.75, 3.05) is 0 Å². The van der Waals surface area contributed by atoms with Crippen molar-refractivity contribution >= 4 is 12.0 Å². The van der Waals surface area contributed by atoms with Gasteiger partial charge in [-0.25, -0.2) is 0 Å². The largest absolute Gasteiger partial charge is 0.349 e. The van der Waals surface area contributed by atoms with Crippen LogP contribution in [-0.2, 0) is 4.79 Å². The third-order valence-corrected chi connectivity index (χ3v) is 6.34. The van der Waals surface area contributed by atoms with Gasteiger partial charge in [0.1, 0.15) is 0 Å². The molecule has 1 aromatic carbocycles. The van der Waals surface area contributed by atoms with Crippen molar-refractivity contribution in [1.29, 1.82) is 0 Å². The molecule has 1 N–H and O–H groups in total. The normalized spacial score (nSPS) is 33.5. The summed E-state index contributed by atoms with van der Waals surface area (Å²) in [5.74, 6) is 0.791. The van der Waals surface area contributed by atoms with E-state index in [1.54, 1.807) is 6.08 Å². The van der Waals surface area contributed by atoms with Crippen molar-refractivity contribution in [1.82, 2.24) is 5.32 Å². The second-order valence-electron chi connectivity index (χ2n) is 7.42. The lowest BCUT2D eigenvalue weighted by atomic mass is 9.69. The van der Waals surface area contributed by atoms with E-state index in [4.69, 9.17) is 0 Å². The first kappa shape index (κ1) is 14.4. The number of carbonyl (C=O) groups excluding carboxylic acids is 1. The van der Waals surface area contributed by atoms with Gasteiger partial charge >= 0.3 is 0 Å². The number of rotatable bonds is 3. The Kier molecular flexibility index (Phi) is 3.43. The zero-order valence-corrected chi connectivity index (χ0v) is 13.2. The molecule has 1 aromatic rings. The molecule has 2 aliphatic carbocycles. The first-order chi connectivity index (χ1) is 9.93. The second kappa shape index (κ2) is 5.01. The van der Waals surface area contributed by atoms with Gasteiger partial charge in [-0.2, -0.15) is 0 Å². The molecule has 2 saturated carbocycles. The quantitative estimate of drug-likeness (QED) is 0.834. The molecular formula is C19H25NO. The number of hydrogen-bond donors (Lipinski definition) is 1. The summed E-state index contributed by atoms with van der Waals surface area (Å²) in [6.45, 7) is 7.10. The van der Waals surface area contributed by atoms with Crippen LogP contribution in [0.2, 0.25) is 0 Å². The fourth-order valence-corrected chi connectivity index (χ4v) is 4.38. The Bertz CT molecular complexity index is 560. The molecule has 0 spiro atoms. The Hall–Kier alpha value is -1.57. The van der Waals surface area contributed by atoms with Crippen molar-refractivity contribution in [2.24, 2.45) is 16.7 Å². The minimum atomic E-state index is 0.0356. The van der Waals surface area contributed by atoms with Crippen LogP contribution in [0.1, 0.15) is 45.6 Å². The predicted octanol–water partition coefficient (Wildman–Crippen LogP) is 4.03. The third-order valence-electron chi connectivity index (χ3n) is 6.34. The Balaban J connectivity index is 1.66. The average Bonchev–Trinajstić information content (AvgIpc) is 2.79. The monoisotopic (exact) mass is 283 g/mol. The number of nitrogens with one attached hydrogen (secondary N) is 1. The Morgan fingerprint density at radius 1 is 1.24 bits per heavy atom. The van der Waals surface area contributed by atoms with Crippen molar-refractivity contribution < 1.29 is 4.79 Å². The molecule has 2 bridgehead atoms. The van der Waals surface area contributed by atoms with Crippen LogP contribution in [0.25, 0.3) is 6.08 Å². The van der Waals surface area contributed by atoms with Crippen LogP contribution in [-0.4, -0.2) is 11.9 Å². The molecule has 1 amide bonds. The average molecular weight is 283 g/mol. The first-order valence-corrected chi connectivity index (χ1v) is 7.97. The maximum absolute atomic E-state index is 12.2. The zero-order valence-electron chi connectivity index (χ0n) is 13.2. The van der Waals surface area contributed by atoms with E-state index >= 15 is 0 Å². The van der Waals surface area contributed by atoms with Crippen molar-refractivity contribution in [3.63, 3.8) is 0 Å². The highest BCUT2D eigenvalue weighted by molar-refractivity contribution is 5.92. The Morgan fingerprint density at radius 2 is 1.95 bits per heavy atom. The summed E-state index contributed by atoms with van der Waals surface area (Å²) in [6, 6.07) is 10.3. The van der Waals surface area contributed by atoms with Gasteiger partial charge in [0, 0.05) is 12.1 Å². The molecule has 0 saturated heterocycles. The number of benzene rings is 1.